The van der Waals surface area contributed by atoms with Gasteiger partial charge in [-0.1, -0.05) is 30.3 Å². The first kappa shape index (κ1) is 23.1. The van der Waals surface area contributed by atoms with Crippen LogP contribution in [0.5, 0.6) is 0 Å². The summed E-state index contributed by atoms with van der Waals surface area (Å²) >= 11 is 0. The van der Waals surface area contributed by atoms with Crippen LogP contribution < -0.4 is 0 Å². The smallest absolute Gasteiger partial charge is 0.312 e. The summed E-state index contributed by atoms with van der Waals surface area (Å²) in [5.41, 5.74) is -0.395. The van der Waals surface area contributed by atoms with Gasteiger partial charge in [0.2, 0.25) is 5.91 Å². The second-order valence-electron chi connectivity index (χ2n) is 7.25. The number of carbonyl (C=O) groups is 3. The summed E-state index contributed by atoms with van der Waals surface area (Å²) in [6, 6.07) is 9.31. The molecule has 2 atom stereocenters. The van der Waals surface area contributed by atoms with Crippen molar-refractivity contribution in [3.8, 4) is 0 Å². The highest BCUT2D eigenvalue weighted by atomic mass is 16.4. The third-order valence-corrected chi connectivity index (χ3v) is 5.49. The maximum absolute atomic E-state index is 12.5. The highest BCUT2D eigenvalue weighted by Gasteiger charge is 2.49. The molecule has 1 aliphatic rings. The van der Waals surface area contributed by atoms with Gasteiger partial charge in [0.05, 0.1) is 6.10 Å². The number of aliphatic hydroxyl groups excluding tert-OH is 1. The second-order valence-corrected chi connectivity index (χ2v) is 7.25. The number of aromatic nitrogens is 2. The molecule has 0 saturated carbocycles. The summed E-state index contributed by atoms with van der Waals surface area (Å²) in [4.78, 5) is 38.6. The van der Waals surface area contributed by atoms with E-state index in [9.17, 15) is 19.8 Å². The molecule has 3 N–H and O–H groups in total. The Labute approximate surface area is 174 Å². The third kappa shape index (κ3) is 5.44. The lowest BCUT2D eigenvalue weighted by Crippen LogP contribution is -2.57. The minimum absolute atomic E-state index is 0.0425. The SMILES string of the molecule is Cc1nccn1CCC(=O)N1CC[C@](Cc2ccccc2)(C(=O)O)[C@H](O)C1.O=CO. The quantitative estimate of drug-likeness (QED) is 0.601. The Hall–Kier alpha value is -3.20. The van der Waals surface area contributed by atoms with Gasteiger partial charge in [-0.05, 0) is 25.3 Å². The van der Waals surface area contributed by atoms with Gasteiger partial charge in [0.15, 0.2) is 0 Å². The Kier molecular flexibility index (Phi) is 8.11. The first-order valence-electron chi connectivity index (χ1n) is 9.63. The average Bonchev–Trinajstić information content (AvgIpc) is 3.13. The molecule has 1 aliphatic heterocycles. The average molecular weight is 417 g/mol. The van der Waals surface area contributed by atoms with Crippen LogP contribution in [0.3, 0.4) is 0 Å². The molecule has 0 radical (unpaired) electrons. The Bertz CT molecular complexity index is 853. The summed E-state index contributed by atoms with van der Waals surface area (Å²) in [7, 11) is 0. The van der Waals surface area contributed by atoms with Gasteiger partial charge < -0.3 is 24.8 Å². The zero-order chi connectivity index (χ0) is 22.1. The monoisotopic (exact) mass is 417 g/mol. The fourth-order valence-corrected chi connectivity index (χ4v) is 3.71. The number of hydrogen-bond acceptors (Lipinski definition) is 5. The fraction of sp³-hybridized carbons (Fsp3) is 0.429. The van der Waals surface area contributed by atoms with Crippen molar-refractivity contribution in [2.24, 2.45) is 5.41 Å². The number of carboxylic acid groups (broad SMARTS) is 2. The van der Waals surface area contributed by atoms with Crippen LogP contribution in [0.1, 0.15) is 24.2 Å². The van der Waals surface area contributed by atoms with E-state index < -0.39 is 17.5 Å². The van der Waals surface area contributed by atoms with Crippen LogP contribution in [0.25, 0.3) is 0 Å². The fourth-order valence-electron chi connectivity index (χ4n) is 3.71. The van der Waals surface area contributed by atoms with E-state index in [1.54, 1.807) is 11.1 Å². The second kappa shape index (κ2) is 10.5. The number of carbonyl (C=O) groups excluding carboxylic acids is 1. The maximum atomic E-state index is 12.5. The molecule has 3 rings (SSSR count). The molecule has 2 heterocycles. The standard InChI is InChI=1S/C20H25N3O4.CH2O2/c1-15-21-9-12-22(15)10-7-18(25)23-11-8-20(19(26)27,17(24)14-23)13-16-5-3-2-4-6-16;2-1-3/h2-6,9,12,17,24H,7-8,10-11,13-14H2,1H3,(H,26,27);1H,(H,2,3)/t17-,20-;/m1./s1. The van der Waals surface area contributed by atoms with E-state index in [0.29, 0.717) is 19.5 Å². The molecule has 162 valence electrons. The molecule has 2 aromatic rings. The Morgan fingerprint density at radius 3 is 2.50 bits per heavy atom. The van der Waals surface area contributed by atoms with E-state index in [0.717, 1.165) is 11.4 Å². The van der Waals surface area contributed by atoms with Crippen LogP contribution in [0.4, 0.5) is 0 Å². The van der Waals surface area contributed by atoms with Gasteiger partial charge in [-0.15, -0.1) is 0 Å². The predicted octanol–water partition coefficient (Wildman–Crippen LogP) is 1.19. The number of carboxylic acids is 1. The minimum atomic E-state index is -1.26. The highest BCUT2D eigenvalue weighted by molar-refractivity contribution is 5.79. The van der Waals surface area contributed by atoms with Gasteiger partial charge in [-0.25, -0.2) is 4.98 Å². The molecule has 9 heteroatoms. The number of piperidine rings is 1. The van der Waals surface area contributed by atoms with E-state index in [-0.39, 0.29) is 31.8 Å². The first-order chi connectivity index (χ1) is 14.3. The minimum Gasteiger partial charge on any atom is -0.483 e. The van der Waals surface area contributed by atoms with E-state index in [1.165, 1.54) is 0 Å². The van der Waals surface area contributed by atoms with E-state index in [4.69, 9.17) is 9.90 Å². The van der Waals surface area contributed by atoms with Gasteiger partial charge >= 0.3 is 5.97 Å². The van der Waals surface area contributed by atoms with E-state index in [1.807, 2.05) is 48.0 Å². The maximum Gasteiger partial charge on any atom is 0.312 e. The molecule has 1 aromatic heterocycles. The topological polar surface area (TPSA) is 133 Å². The number of β-amino-alcohol motifs (C(OH)–C–C–N with tert-alkyl or cyclic N) is 1. The summed E-state index contributed by atoms with van der Waals surface area (Å²) < 4.78 is 1.90. The molecule has 1 aromatic carbocycles. The lowest BCUT2D eigenvalue weighted by Gasteiger charge is -2.43. The number of likely N-dealkylation sites (tertiary alicyclic amines) is 1. The predicted molar refractivity (Wildman–Crippen MR) is 108 cm³/mol. The van der Waals surface area contributed by atoms with Gasteiger partial charge in [0, 0.05) is 38.4 Å². The van der Waals surface area contributed by atoms with Gasteiger partial charge in [-0.3, -0.25) is 14.4 Å². The number of aryl methyl sites for hydroxylation is 2. The van der Waals surface area contributed by atoms with Crippen molar-refractivity contribution < 1.29 is 29.7 Å². The molecule has 1 saturated heterocycles. The molecule has 1 amide bonds. The molecule has 0 spiro atoms. The lowest BCUT2D eigenvalue weighted by atomic mass is 9.71. The van der Waals surface area contributed by atoms with Crippen molar-refractivity contribution in [2.45, 2.75) is 38.8 Å². The van der Waals surface area contributed by atoms with Crippen LogP contribution in [-0.2, 0) is 27.3 Å². The van der Waals surface area contributed by atoms with E-state index in [2.05, 4.69) is 4.98 Å². The van der Waals surface area contributed by atoms with Crippen molar-refractivity contribution in [3.63, 3.8) is 0 Å². The summed E-state index contributed by atoms with van der Waals surface area (Å²) in [5, 5.41) is 27.4. The Morgan fingerprint density at radius 2 is 1.97 bits per heavy atom. The zero-order valence-electron chi connectivity index (χ0n) is 16.8. The third-order valence-electron chi connectivity index (χ3n) is 5.49. The molecule has 0 unspecified atom stereocenters. The summed E-state index contributed by atoms with van der Waals surface area (Å²) in [5.74, 6) is -0.255. The van der Waals surface area contributed by atoms with Gasteiger partial charge in [-0.2, -0.15) is 0 Å². The number of aliphatic carboxylic acids is 1. The molecule has 1 fully saturated rings. The summed E-state index contributed by atoms with van der Waals surface area (Å²) in [6.07, 6.45) is 3.18. The normalized spacial score (nSPS) is 20.7. The van der Waals surface area contributed by atoms with Crippen LogP contribution in [0.2, 0.25) is 0 Å². The molecular weight excluding hydrogens is 390 g/mol. The number of rotatable bonds is 6. The van der Waals surface area contributed by atoms with Crippen LogP contribution >= 0.6 is 0 Å². The molecule has 9 nitrogen and oxygen atoms in total. The molecule has 0 aliphatic carbocycles. The van der Waals surface area contributed by atoms with Crippen molar-refractivity contribution in [1.29, 1.82) is 0 Å². The first-order valence-corrected chi connectivity index (χ1v) is 9.63. The number of benzene rings is 1. The van der Waals surface area contributed by atoms with Gasteiger partial charge in [0.1, 0.15) is 11.2 Å². The zero-order valence-corrected chi connectivity index (χ0v) is 16.8. The molecule has 30 heavy (non-hydrogen) atoms. The van der Waals surface area contributed by atoms with Crippen molar-refractivity contribution in [2.75, 3.05) is 13.1 Å². The number of amides is 1. The van der Waals surface area contributed by atoms with Crippen LogP contribution in [-0.4, -0.2) is 67.3 Å². The van der Waals surface area contributed by atoms with E-state index >= 15 is 0 Å². The number of hydrogen-bond donors (Lipinski definition) is 3. The largest absolute Gasteiger partial charge is 0.483 e. The van der Waals surface area contributed by atoms with Crippen molar-refractivity contribution in [3.05, 3.63) is 54.1 Å². The number of nitrogens with zero attached hydrogens (tertiary/aromatic N) is 3. The molecular formula is C21H27N3O6. The van der Waals surface area contributed by atoms with Crippen LogP contribution in [0, 0.1) is 12.3 Å². The van der Waals surface area contributed by atoms with Crippen molar-refractivity contribution in [1.82, 2.24) is 14.5 Å². The number of imidazole rings is 1. The highest BCUT2D eigenvalue weighted by Crippen LogP contribution is 2.36. The Balaban J connectivity index is 0.00000101. The lowest BCUT2D eigenvalue weighted by molar-refractivity contribution is -0.166. The van der Waals surface area contributed by atoms with Crippen molar-refractivity contribution >= 4 is 18.3 Å². The van der Waals surface area contributed by atoms with Crippen LogP contribution in [0.15, 0.2) is 42.7 Å². The van der Waals surface area contributed by atoms with Gasteiger partial charge in [0.25, 0.3) is 6.47 Å². The number of aliphatic hydroxyl groups is 1. The summed E-state index contributed by atoms with van der Waals surface area (Å²) in [6.45, 7) is 2.52. The Morgan fingerprint density at radius 1 is 1.30 bits per heavy atom. The molecule has 0 bridgehead atoms.